The maximum Gasteiger partial charge on any atom is 0.225 e. The van der Waals surface area contributed by atoms with Crippen molar-refractivity contribution in [1.82, 2.24) is 30.8 Å². The lowest BCUT2D eigenvalue weighted by molar-refractivity contribution is -0.129. The molecule has 0 spiro atoms. The molecule has 1 fully saturated rings. The number of H-pyrrole nitrogens is 1. The zero-order valence-corrected chi connectivity index (χ0v) is 10.6. The number of likely N-dealkylation sites (tertiary alicyclic amines) is 1. The van der Waals surface area contributed by atoms with Crippen LogP contribution in [0.5, 0.6) is 0 Å². The highest BCUT2D eigenvalue weighted by molar-refractivity contribution is 5.89. The van der Waals surface area contributed by atoms with Gasteiger partial charge in [-0.3, -0.25) is 9.59 Å². The molecule has 1 aliphatic rings. The number of amides is 2. The third-order valence-corrected chi connectivity index (χ3v) is 2.96. The van der Waals surface area contributed by atoms with Gasteiger partial charge in [0.05, 0.1) is 19.1 Å². The Labute approximate surface area is 109 Å². The van der Waals surface area contributed by atoms with Crippen LogP contribution >= 0.6 is 0 Å². The largest absolute Gasteiger partial charge is 0.383 e. The van der Waals surface area contributed by atoms with Crippen LogP contribution in [0.1, 0.15) is 12.2 Å². The first kappa shape index (κ1) is 13.4. The van der Waals surface area contributed by atoms with E-state index in [0.717, 1.165) is 0 Å². The molecule has 0 saturated carbocycles. The maximum atomic E-state index is 11.9. The van der Waals surface area contributed by atoms with Crippen LogP contribution in [0.25, 0.3) is 0 Å². The van der Waals surface area contributed by atoms with Gasteiger partial charge >= 0.3 is 0 Å². The zero-order chi connectivity index (χ0) is 13.7. The van der Waals surface area contributed by atoms with Crippen LogP contribution in [0.2, 0.25) is 0 Å². The smallest absolute Gasteiger partial charge is 0.225 e. The number of aromatic nitrogens is 4. The highest BCUT2D eigenvalue weighted by atomic mass is 16.5. The molecule has 0 aromatic carbocycles. The molecule has 1 saturated heterocycles. The van der Waals surface area contributed by atoms with Crippen LogP contribution in [0, 0.1) is 5.92 Å². The molecule has 0 aliphatic carbocycles. The number of tetrazole rings is 1. The van der Waals surface area contributed by atoms with E-state index in [4.69, 9.17) is 4.74 Å². The first-order valence-electron chi connectivity index (χ1n) is 5.97. The van der Waals surface area contributed by atoms with Gasteiger partial charge in [0.2, 0.25) is 11.8 Å². The Balaban J connectivity index is 1.79. The molecular formula is C10H16N6O3. The van der Waals surface area contributed by atoms with E-state index in [1.54, 1.807) is 12.0 Å². The molecule has 1 aromatic rings. The van der Waals surface area contributed by atoms with Crippen molar-refractivity contribution in [2.45, 2.75) is 13.0 Å². The quantitative estimate of drug-likeness (QED) is 0.636. The average Bonchev–Trinajstić information content (AvgIpc) is 3.03. The fourth-order valence-corrected chi connectivity index (χ4v) is 1.93. The van der Waals surface area contributed by atoms with Gasteiger partial charge in [0.25, 0.3) is 0 Å². The first-order chi connectivity index (χ1) is 9.20. The minimum atomic E-state index is -0.323. The zero-order valence-electron chi connectivity index (χ0n) is 10.6. The van der Waals surface area contributed by atoms with Gasteiger partial charge in [-0.15, -0.1) is 10.2 Å². The van der Waals surface area contributed by atoms with E-state index in [0.29, 0.717) is 25.5 Å². The number of nitrogens with one attached hydrogen (secondary N) is 2. The predicted octanol–water partition coefficient (Wildman–Crippen LogP) is -1.69. The van der Waals surface area contributed by atoms with Gasteiger partial charge < -0.3 is 15.0 Å². The van der Waals surface area contributed by atoms with Crippen molar-refractivity contribution in [3.05, 3.63) is 5.82 Å². The van der Waals surface area contributed by atoms with Crippen molar-refractivity contribution in [2.24, 2.45) is 5.92 Å². The fourth-order valence-electron chi connectivity index (χ4n) is 1.93. The summed E-state index contributed by atoms with van der Waals surface area (Å²) in [6.07, 6.45) is 0.238. The summed E-state index contributed by atoms with van der Waals surface area (Å²) in [6.45, 7) is 1.63. The van der Waals surface area contributed by atoms with Crippen LogP contribution in [0.3, 0.4) is 0 Å². The van der Waals surface area contributed by atoms with Crippen molar-refractivity contribution >= 4 is 11.8 Å². The van der Waals surface area contributed by atoms with Crippen LogP contribution in [-0.4, -0.2) is 64.1 Å². The molecule has 9 heteroatoms. The van der Waals surface area contributed by atoms with Crippen molar-refractivity contribution in [3.8, 4) is 0 Å². The van der Waals surface area contributed by atoms with E-state index in [1.807, 2.05) is 0 Å². The Morgan fingerprint density at radius 2 is 2.47 bits per heavy atom. The van der Waals surface area contributed by atoms with Gasteiger partial charge in [-0.05, 0) is 0 Å². The maximum absolute atomic E-state index is 11.9. The minimum Gasteiger partial charge on any atom is -0.383 e. The number of aromatic amines is 1. The molecule has 1 atom stereocenters. The normalized spacial score (nSPS) is 18.9. The first-order valence-corrected chi connectivity index (χ1v) is 5.97. The van der Waals surface area contributed by atoms with Crippen LogP contribution in [0.4, 0.5) is 0 Å². The van der Waals surface area contributed by atoms with Crippen molar-refractivity contribution in [3.63, 3.8) is 0 Å². The molecule has 0 bridgehead atoms. The van der Waals surface area contributed by atoms with Gasteiger partial charge in [-0.25, -0.2) is 0 Å². The monoisotopic (exact) mass is 268 g/mol. The molecule has 1 aliphatic heterocycles. The lowest BCUT2D eigenvalue weighted by Crippen LogP contribution is -2.33. The Bertz CT molecular complexity index is 434. The summed E-state index contributed by atoms with van der Waals surface area (Å²) in [5, 5.41) is 15.8. The van der Waals surface area contributed by atoms with Gasteiger partial charge in [-0.1, -0.05) is 5.21 Å². The van der Waals surface area contributed by atoms with Crippen LogP contribution in [-0.2, 0) is 20.9 Å². The second kappa shape index (κ2) is 6.23. The lowest BCUT2D eigenvalue weighted by atomic mass is 10.1. The van der Waals surface area contributed by atoms with E-state index in [9.17, 15) is 9.59 Å². The standard InChI is InChI=1S/C10H16N6O3/c1-19-3-2-16-6-7(4-9(16)17)10(18)11-5-8-12-14-15-13-8/h7H,2-6H2,1H3,(H,11,18)(H,12,13,14,15). The predicted molar refractivity (Wildman–Crippen MR) is 62.6 cm³/mol. The van der Waals surface area contributed by atoms with Gasteiger partial charge in [0.1, 0.15) is 0 Å². The summed E-state index contributed by atoms with van der Waals surface area (Å²) < 4.78 is 4.92. The van der Waals surface area contributed by atoms with Crippen molar-refractivity contribution in [1.29, 1.82) is 0 Å². The highest BCUT2D eigenvalue weighted by Gasteiger charge is 2.33. The van der Waals surface area contributed by atoms with E-state index in [2.05, 4.69) is 25.9 Å². The molecule has 9 nitrogen and oxygen atoms in total. The van der Waals surface area contributed by atoms with E-state index < -0.39 is 0 Å². The summed E-state index contributed by atoms with van der Waals surface area (Å²) in [7, 11) is 1.58. The number of hydrogen-bond donors (Lipinski definition) is 2. The molecule has 1 unspecified atom stereocenters. The average molecular weight is 268 g/mol. The Hall–Kier alpha value is -2.03. The summed E-state index contributed by atoms with van der Waals surface area (Å²) in [4.78, 5) is 25.2. The molecule has 2 rings (SSSR count). The topological polar surface area (TPSA) is 113 Å². The Kier molecular flexibility index (Phi) is 4.39. The van der Waals surface area contributed by atoms with Gasteiger partial charge in [0.15, 0.2) is 5.82 Å². The molecule has 2 N–H and O–H groups in total. The number of methoxy groups -OCH3 is 1. The number of nitrogens with zero attached hydrogens (tertiary/aromatic N) is 4. The number of ether oxygens (including phenoxy) is 1. The number of carbonyl (C=O) groups excluding carboxylic acids is 2. The Morgan fingerprint density at radius 3 is 3.16 bits per heavy atom. The van der Waals surface area contributed by atoms with Crippen molar-refractivity contribution < 1.29 is 14.3 Å². The SMILES string of the molecule is COCCN1CC(C(=O)NCc2nn[nH]n2)CC1=O. The summed E-state index contributed by atoms with van der Waals surface area (Å²) in [5.74, 6) is -0.0972. The minimum absolute atomic E-state index is 0.0169. The lowest BCUT2D eigenvalue weighted by Gasteiger charge is -2.15. The van der Waals surface area contributed by atoms with Gasteiger partial charge in [-0.2, -0.15) is 5.21 Å². The van der Waals surface area contributed by atoms with Gasteiger partial charge in [0, 0.05) is 26.6 Å². The molecule has 19 heavy (non-hydrogen) atoms. The summed E-state index contributed by atoms with van der Waals surface area (Å²) in [6, 6.07) is 0. The second-order valence-electron chi connectivity index (χ2n) is 4.28. The molecular weight excluding hydrogens is 252 g/mol. The molecule has 1 aromatic heterocycles. The van der Waals surface area contributed by atoms with E-state index in [1.165, 1.54) is 0 Å². The molecule has 0 radical (unpaired) electrons. The Morgan fingerprint density at radius 1 is 1.63 bits per heavy atom. The third-order valence-electron chi connectivity index (χ3n) is 2.96. The number of carbonyl (C=O) groups is 2. The summed E-state index contributed by atoms with van der Waals surface area (Å²) in [5.41, 5.74) is 0. The fraction of sp³-hybridized carbons (Fsp3) is 0.700. The van der Waals surface area contributed by atoms with Crippen LogP contribution in [0.15, 0.2) is 0 Å². The number of hydrogen-bond acceptors (Lipinski definition) is 6. The third kappa shape index (κ3) is 3.47. The molecule has 2 heterocycles. The van der Waals surface area contributed by atoms with E-state index >= 15 is 0 Å². The molecule has 2 amide bonds. The summed E-state index contributed by atoms with van der Waals surface area (Å²) >= 11 is 0. The van der Waals surface area contributed by atoms with E-state index in [-0.39, 0.29) is 30.7 Å². The van der Waals surface area contributed by atoms with Crippen LogP contribution < -0.4 is 5.32 Å². The number of rotatable bonds is 6. The highest BCUT2D eigenvalue weighted by Crippen LogP contribution is 2.17. The molecule has 104 valence electrons. The second-order valence-corrected chi connectivity index (χ2v) is 4.28. The van der Waals surface area contributed by atoms with Crippen molar-refractivity contribution in [2.75, 3.05) is 26.8 Å².